The van der Waals surface area contributed by atoms with Crippen molar-refractivity contribution in [2.45, 2.75) is 32.0 Å². The lowest BCUT2D eigenvalue weighted by molar-refractivity contribution is 0.0418. The summed E-state index contributed by atoms with van der Waals surface area (Å²) in [6.45, 7) is 3.36. The summed E-state index contributed by atoms with van der Waals surface area (Å²) in [5, 5.41) is 21.0. The molecule has 1 aliphatic carbocycles. The highest BCUT2D eigenvalue weighted by Crippen LogP contribution is 2.25. The zero-order valence-electron chi connectivity index (χ0n) is 6.95. The van der Waals surface area contributed by atoms with Crippen LogP contribution in [0.25, 0.3) is 0 Å². The van der Waals surface area contributed by atoms with Crippen LogP contribution in [0.3, 0.4) is 0 Å². The third-order valence-electron chi connectivity index (χ3n) is 2.08. The summed E-state index contributed by atoms with van der Waals surface area (Å²) in [7, 11) is 0. The molecular formula is C8H17NO2. The van der Waals surface area contributed by atoms with Crippen LogP contribution in [0.2, 0.25) is 0 Å². The van der Waals surface area contributed by atoms with Gasteiger partial charge in [-0.2, -0.15) is 0 Å². The number of rotatable bonds is 4. The molecule has 0 saturated heterocycles. The Morgan fingerprint density at radius 2 is 2.18 bits per heavy atom. The predicted molar refractivity (Wildman–Crippen MR) is 43.3 cm³/mol. The predicted octanol–water partition coefficient (Wildman–Crippen LogP) is -0.272. The number of hydrogen-bond donors (Lipinski definition) is 3. The summed E-state index contributed by atoms with van der Waals surface area (Å²) in [5.74, 6) is 0.628. The third kappa shape index (κ3) is 3.18. The standard InChI is InChI=1S/C8H17NO2/c1-6(10)4-9-5-7-2-8(11)3-7/h6-11H,2-5H2,1H3/t6-,7?,8?/m1/s1. The second kappa shape index (κ2) is 4.04. The van der Waals surface area contributed by atoms with Crippen molar-refractivity contribution >= 4 is 0 Å². The Morgan fingerprint density at radius 3 is 2.64 bits per heavy atom. The average molecular weight is 159 g/mol. The van der Waals surface area contributed by atoms with E-state index in [4.69, 9.17) is 10.2 Å². The number of aliphatic hydroxyl groups is 2. The van der Waals surface area contributed by atoms with E-state index in [0.717, 1.165) is 19.4 Å². The Kier molecular flexibility index (Phi) is 3.30. The lowest BCUT2D eigenvalue weighted by Gasteiger charge is -2.31. The summed E-state index contributed by atoms with van der Waals surface area (Å²) >= 11 is 0. The fourth-order valence-electron chi connectivity index (χ4n) is 1.36. The van der Waals surface area contributed by atoms with Gasteiger partial charge in [0.2, 0.25) is 0 Å². The molecule has 1 fully saturated rings. The van der Waals surface area contributed by atoms with Crippen molar-refractivity contribution in [2.24, 2.45) is 5.92 Å². The first-order valence-corrected chi connectivity index (χ1v) is 4.25. The molecule has 0 aromatic heterocycles. The topological polar surface area (TPSA) is 52.5 Å². The quantitative estimate of drug-likeness (QED) is 0.529. The van der Waals surface area contributed by atoms with Gasteiger partial charge in [0, 0.05) is 6.54 Å². The summed E-state index contributed by atoms with van der Waals surface area (Å²) in [6, 6.07) is 0. The fourth-order valence-corrected chi connectivity index (χ4v) is 1.36. The van der Waals surface area contributed by atoms with E-state index in [1.807, 2.05) is 0 Å². The van der Waals surface area contributed by atoms with Crippen LogP contribution in [0.5, 0.6) is 0 Å². The molecule has 66 valence electrons. The Bertz CT molecular complexity index is 111. The zero-order valence-corrected chi connectivity index (χ0v) is 6.95. The molecule has 0 aliphatic heterocycles. The molecule has 3 N–H and O–H groups in total. The second-order valence-electron chi connectivity index (χ2n) is 3.50. The molecule has 1 saturated carbocycles. The van der Waals surface area contributed by atoms with E-state index in [9.17, 15) is 0 Å². The molecule has 0 heterocycles. The first kappa shape index (κ1) is 8.97. The lowest BCUT2D eigenvalue weighted by atomic mass is 9.82. The minimum Gasteiger partial charge on any atom is -0.393 e. The van der Waals surface area contributed by atoms with Crippen molar-refractivity contribution in [1.29, 1.82) is 0 Å². The van der Waals surface area contributed by atoms with Gasteiger partial charge < -0.3 is 15.5 Å². The normalized spacial score (nSPS) is 33.0. The van der Waals surface area contributed by atoms with Gasteiger partial charge in [-0.3, -0.25) is 0 Å². The van der Waals surface area contributed by atoms with Crippen LogP contribution in [0, 0.1) is 5.92 Å². The minimum absolute atomic E-state index is 0.0617. The van der Waals surface area contributed by atoms with Gasteiger partial charge in [-0.05, 0) is 32.2 Å². The van der Waals surface area contributed by atoms with Gasteiger partial charge in [-0.1, -0.05) is 0 Å². The molecule has 11 heavy (non-hydrogen) atoms. The third-order valence-corrected chi connectivity index (χ3v) is 2.08. The summed E-state index contributed by atoms with van der Waals surface area (Å²) < 4.78 is 0. The average Bonchev–Trinajstić information content (AvgIpc) is 1.83. The largest absolute Gasteiger partial charge is 0.393 e. The van der Waals surface area contributed by atoms with Crippen LogP contribution in [-0.2, 0) is 0 Å². The van der Waals surface area contributed by atoms with Gasteiger partial charge in [-0.15, -0.1) is 0 Å². The molecule has 0 radical (unpaired) electrons. The molecule has 1 rings (SSSR count). The van der Waals surface area contributed by atoms with Crippen molar-refractivity contribution in [3.8, 4) is 0 Å². The van der Waals surface area contributed by atoms with Gasteiger partial charge in [0.05, 0.1) is 12.2 Å². The van der Waals surface area contributed by atoms with Crippen LogP contribution in [0.15, 0.2) is 0 Å². The monoisotopic (exact) mass is 159 g/mol. The Morgan fingerprint density at radius 1 is 1.55 bits per heavy atom. The maximum Gasteiger partial charge on any atom is 0.0636 e. The number of aliphatic hydroxyl groups excluding tert-OH is 2. The second-order valence-corrected chi connectivity index (χ2v) is 3.50. The van der Waals surface area contributed by atoms with Gasteiger partial charge in [-0.25, -0.2) is 0 Å². The molecule has 0 aromatic carbocycles. The molecule has 1 atom stereocenters. The van der Waals surface area contributed by atoms with Crippen molar-refractivity contribution in [2.75, 3.05) is 13.1 Å². The molecule has 0 aromatic rings. The number of nitrogens with one attached hydrogen (secondary N) is 1. The van der Waals surface area contributed by atoms with E-state index in [0.29, 0.717) is 12.5 Å². The Labute approximate surface area is 67.4 Å². The van der Waals surface area contributed by atoms with E-state index in [1.54, 1.807) is 6.92 Å². The molecule has 0 spiro atoms. The van der Waals surface area contributed by atoms with Gasteiger partial charge in [0.15, 0.2) is 0 Å². The van der Waals surface area contributed by atoms with E-state index in [1.165, 1.54) is 0 Å². The van der Waals surface area contributed by atoms with E-state index in [2.05, 4.69) is 5.32 Å². The molecule has 0 bridgehead atoms. The maximum absolute atomic E-state index is 8.95. The van der Waals surface area contributed by atoms with Crippen LogP contribution in [-0.4, -0.2) is 35.5 Å². The zero-order chi connectivity index (χ0) is 8.27. The minimum atomic E-state index is -0.264. The molecule has 3 heteroatoms. The van der Waals surface area contributed by atoms with Crippen LogP contribution in [0.4, 0.5) is 0 Å². The van der Waals surface area contributed by atoms with Gasteiger partial charge >= 0.3 is 0 Å². The summed E-state index contributed by atoms with van der Waals surface area (Å²) in [4.78, 5) is 0. The van der Waals surface area contributed by atoms with Gasteiger partial charge in [0.25, 0.3) is 0 Å². The Balaban J connectivity index is 1.89. The smallest absolute Gasteiger partial charge is 0.0636 e. The number of hydrogen-bond acceptors (Lipinski definition) is 3. The highest BCUT2D eigenvalue weighted by molar-refractivity contribution is 4.80. The van der Waals surface area contributed by atoms with E-state index in [-0.39, 0.29) is 12.2 Å². The fraction of sp³-hybridized carbons (Fsp3) is 1.00. The maximum atomic E-state index is 8.95. The van der Waals surface area contributed by atoms with E-state index >= 15 is 0 Å². The highest BCUT2D eigenvalue weighted by atomic mass is 16.3. The molecule has 0 unspecified atom stereocenters. The van der Waals surface area contributed by atoms with Crippen molar-refractivity contribution in [3.05, 3.63) is 0 Å². The molecule has 1 aliphatic rings. The van der Waals surface area contributed by atoms with Crippen LogP contribution >= 0.6 is 0 Å². The molecule has 0 amide bonds. The lowest BCUT2D eigenvalue weighted by Crippen LogP contribution is -2.38. The Hall–Kier alpha value is -0.120. The van der Waals surface area contributed by atoms with E-state index < -0.39 is 0 Å². The van der Waals surface area contributed by atoms with Crippen molar-refractivity contribution in [3.63, 3.8) is 0 Å². The molecular weight excluding hydrogens is 142 g/mol. The van der Waals surface area contributed by atoms with Crippen molar-refractivity contribution < 1.29 is 10.2 Å². The van der Waals surface area contributed by atoms with Crippen LogP contribution < -0.4 is 5.32 Å². The summed E-state index contributed by atoms with van der Waals surface area (Å²) in [6.07, 6.45) is 1.52. The van der Waals surface area contributed by atoms with Crippen molar-refractivity contribution in [1.82, 2.24) is 5.32 Å². The first-order valence-electron chi connectivity index (χ1n) is 4.25. The molecule has 3 nitrogen and oxygen atoms in total. The van der Waals surface area contributed by atoms with Crippen LogP contribution in [0.1, 0.15) is 19.8 Å². The first-order chi connectivity index (χ1) is 5.18. The van der Waals surface area contributed by atoms with Gasteiger partial charge in [0.1, 0.15) is 0 Å². The SMILES string of the molecule is C[C@@H](O)CNCC1CC(O)C1. The highest BCUT2D eigenvalue weighted by Gasteiger charge is 2.26. The summed E-state index contributed by atoms with van der Waals surface area (Å²) in [5.41, 5.74) is 0.